The summed E-state index contributed by atoms with van der Waals surface area (Å²) in [6, 6.07) is 6.14. The van der Waals surface area contributed by atoms with Gasteiger partial charge in [-0.15, -0.1) is 5.10 Å². The van der Waals surface area contributed by atoms with Crippen LogP contribution >= 0.6 is 0 Å². The first-order chi connectivity index (χ1) is 17.0. The minimum atomic E-state index is -4.67. The van der Waals surface area contributed by atoms with Crippen molar-refractivity contribution in [3.05, 3.63) is 64.2 Å². The van der Waals surface area contributed by atoms with Gasteiger partial charge in [0.05, 0.1) is 18.3 Å². The monoisotopic (exact) mass is 504 g/mol. The fraction of sp³-hybridized carbons (Fsp3) is 0.417. The van der Waals surface area contributed by atoms with Gasteiger partial charge in [-0.1, -0.05) is 12.0 Å². The minimum Gasteiger partial charge on any atom is -0.330 e. The number of hydrogen-bond donors (Lipinski definition) is 1. The van der Waals surface area contributed by atoms with Gasteiger partial charge in [-0.05, 0) is 66.9 Å². The number of aryl methyl sites for hydroxylation is 3. The standard InChI is InChI=1S/C24H28F4N8/c1-5-20(29)21-17(10-16-7-14(3)36(6-2)22(16)30-21)13-35(23-31-33-34(4)32-23)12-15-8-18(24(26,27)28)11-19(25)9-15/h7-11,20H,5-6,12-13,29H2,1-4H3. The van der Waals surface area contributed by atoms with Crippen LogP contribution < -0.4 is 10.6 Å². The fourth-order valence-electron chi connectivity index (χ4n) is 4.34. The molecule has 0 aliphatic rings. The molecule has 3 heterocycles. The number of rotatable bonds is 8. The Kier molecular flexibility index (Phi) is 6.98. The summed E-state index contributed by atoms with van der Waals surface area (Å²) < 4.78 is 56.1. The Morgan fingerprint density at radius 3 is 2.44 bits per heavy atom. The molecule has 12 heteroatoms. The average Bonchev–Trinajstić information content (AvgIpc) is 3.38. The summed E-state index contributed by atoms with van der Waals surface area (Å²) in [7, 11) is 1.58. The summed E-state index contributed by atoms with van der Waals surface area (Å²) >= 11 is 0. The van der Waals surface area contributed by atoms with E-state index in [1.165, 1.54) is 4.80 Å². The van der Waals surface area contributed by atoms with Crippen molar-refractivity contribution in [1.29, 1.82) is 0 Å². The van der Waals surface area contributed by atoms with Crippen LogP contribution in [0.4, 0.5) is 23.5 Å². The van der Waals surface area contributed by atoms with Crippen molar-refractivity contribution < 1.29 is 17.6 Å². The third kappa shape index (κ3) is 5.18. The van der Waals surface area contributed by atoms with Crippen LogP contribution in [0.25, 0.3) is 11.0 Å². The van der Waals surface area contributed by atoms with Crippen molar-refractivity contribution in [1.82, 2.24) is 29.8 Å². The van der Waals surface area contributed by atoms with Gasteiger partial charge >= 0.3 is 6.18 Å². The largest absolute Gasteiger partial charge is 0.416 e. The van der Waals surface area contributed by atoms with E-state index in [-0.39, 0.29) is 30.6 Å². The van der Waals surface area contributed by atoms with Crippen molar-refractivity contribution in [3.8, 4) is 0 Å². The van der Waals surface area contributed by atoms with Crippen molar-refractivity contribution in [2.45, 2.75) is 59.0 Å². The number of halogens is 4. The van der Waals surface area contributed by atoms with E-state index in [2.05, 4.69) is 20.0 Å². The molecule has 0 spiro atoms. The SMILES string of the molecule is CCC(N)c1nc2c(cc1CN(Cc1cc(F)cc(C(F)(F)F)c1)c1nnn(C)n1)cc(C)n2CC. The van der Waals surface area contributed by atoms with Gasteiger partial charge in [-0.25, -0.2) is 9.37 Å². The van der Waals surface area contributed by atoms with E-state index >= 15 is 0 Å². The first kappa shape index (κ1) is 25.5. The number of aromatic nitrogens is 6. The van der Waals surface area contributed by atoms with Crippen LogP contribution in [-0.4, -0.2) is 29.8 Å². The Balaban J connectivity index is 1.79. The van der Waals surface area contributed by atoms with Crippen LogP contribution in [0.5, 0.6) is 0 Å². The number of fused-ring (bicyclic) bond motifs is 1. The van der Waals surface area contributed by atoms with Crippen LogP contribution in [-0.2, 0) is 32.9 Å². The minimum absolute atomic E-state index is 0.0830. The van der Waals surface area contributed by atoms with Gasteiger partial charge < -0.3 is 15.2 Å². The molecule has 36 heavy (non-hydrogen) atoms. The van der Waals surface area contributed by atoms with E-state index in [0.29, 0.717) is 18.2 Å². The summed E-state index contributed by atoms with van der Waals surface area (Å²) in [6.07, 6.45) is -4.04. The lowest BCUT2D eigenvalue weighted by molar-refractivity contribution is -0.137. The van der Waals surface area contributed by atoms with Gasteiger partial charge in [0.15, 0.2) is 0 Å². The normalized spacial score (nSPS) is 12.9. The molecule has 0 aliphatic heterocycles. The molecule has 0 amide bonds. The molecule has 2 N–H and O–H groups in total. The van der Waals surface area contributed by atoms with Gasteiger partial charge in [-0.3, -0.25) is 0 Å². The number of nitrogens with two attached hydrogens (primary N) is 1. The summed E-state index contributed by atoms with van der Waals surface area (Å²) in [5.74, 6) is -0.784. The lowest BCUT2D eigenvalue weighted by Gasteiger charge is -2.24. The molecule has 1 atom stereocenters. The summed E-state index contributed by atoms with van der Waals surface area (Å²) in [6.45, 7) is 6.85. The first-order valence-electron chi connectivity index (χ1n) is 11.6. The highest BCUT2D eigenvalue weighted by Gasteiger charge is 2.31. The molecule has 0 fully saturated rings. The van der Waals surface area contributed by atoms with Crippen LogP contribution in [0.15, 0.2) is 30.3 Å². The van der Waals surface area contributed by atoms with E-state index in [1.807, 2.05) is 32.9 Å². The molecule has 0 radical (unpaired) electrons. The van der Waals surface area contributed by atoms with Gasteiger partial charge in [0.1, 0.15) is 11.5 Å². The third-order valence-corrected chi connectivity index (χ3v) is 6.10. The molecule has 0 saturated heterocycles. The van der Waals surface area contributed by atoms with E-state index < -0.39 is 17.6 Å². The smallest absolute Gasteiger partial charge is 0.330 e. The first-order valence-corrected chi connectivity index (χ1v) is 11.6. The number of tetrazole rings is 1. The second-order valence-corrected chi connectivity index (χ2v) is 8.77. The van der Waals surface area contributed by atoms with E-state index in [1.54, 1.807) is 11.9 Å². The summed E-state index contributed by atoms with van der Waals surface area (Å²) in [5, 5.41) is 13.1. The van der Waals surface area contributed by atoms with Gasteiger partial charge in [0.25, 0.3) is 5.95 Å². The van der Waals surface area contributed by atoms with Crippen molar-refractivity contribution in [2.75, 3.05) is 4.90 Å². The molecule has 4 rings (SSSR count). The molecule has 8 nitrogen and oxygen atoms in total. The van der Waals surface area contributed by atoms with Crippen molar-refractivity contribution in [3.63, 3.8) is 0 Å². The van der Waals surface area contributed by atoms with E-state index in [4.69, 9.17) is 10.7 Å². The molecular weight excluding hydrogens is 476 g/mol. The zero-order valence-corrected chi connectivity index (χ0v) is 20.5. The number of anilines is 1. The van der Waals surface area contributed by atoms with Crippen LogP contribution in [0.2, 0.25) is 0 Å². The predicted molar refractivity (Wildman–Crippen MR) is 127 cm³/mol. The number of nitrogens with zero attached hydrogens (tertiary/aromatic N) is 7. The molecule has 1 aromatic carbocycles. The summed E-state index contributed by atoms with van der Waals surface area (Å²) in [4.78, 5) is 7.79. The topological polar surface area (TPSA) is 90.7 Å². The molecule has 0 bridgehead atoms. The number of benzene rings is 1. The zero-order valence-electron chi connectivity index (χ0n) is 20.5. The number of pyridine rings is 1. The Morgan fingerprint density at radius 1 is 1.08 bits per heavy atom. The van der Waals surface area contributed by atoms with Gasteiger partial charge in [0, 0.05) is 36.8 Å². The lowest BCUT2D eigenvalue weighted by atomic mass is 10.0. The van der Waals surface area contributed by atoms with Crippen LogP contribution in [0.1, 0.15) is 54.4 Å². The maximum absolute atomic E-state index is 14.1. The predicted octanol–water partition coefficient (Wildman–Crippen LogP) is 4.66. The van der Waals surface area contributed by atoms with Gasteiger partial charge in [0.2, 0.25) is 0 Å². The van der Waals surface area contributed by atoms with Crippen LogP contribution in [0.3, 0.4) is 0 Å². The third-order valence-electron chi connectivity index (χ3n) is 6.10. The zero-order chi connectivity index (χ0) is 26.2. The maximum atomic E-state index is 14.1. The van der Waals surface area contributed by atoms with E-state index in [9.17, 15) is 17.6 Å². The second kappa shape index (κ2) is 9.84. The van der Waals surface area contributed by atoms with E-state index in [0.717, 1.165) is 41.0 Å². The van der Waals surface area contributed by atoms with Crippen LogP contribution in [0, 0.1) is 12.7 Å². The van der Waals surface area contributed by atoms with Gasteiger partial charge in [-0.2, -0.15) is 18.0 Å². The highest BCUT2D eigenvalue weighted by atomic mass is 19.4. The highest BCUT2D eigenvalue weighted by Crippen LogP contribution is 2.32. The molecule has 1 unspecified atom stereocenters. The molecular formula is C24H28F4N8. The number of alkyl halides is 3. The van der Waals surface area contributed by atoms with Crippen molar-refractivity contribution in [2.24, 2.45) is 12.8 Å². The summed E-state index contributed by atoms with van der Waals surface area (Å²) in [5.41, 5.74) is 8.84. The Hall–Kier alpha value is -3.54. The molecule has 3 aromatic heterocycles. The Bertz CT molecular complexity index is 1370. The second-order valence-electron chi connectivity index (χ2n) is 8.77. The number of hydrogen-bond acceptors (Lipinski definition) is 6. The quantitative estimate of drug-likeness (QED) is 0.351. The molecule has 4 aromatic rings. The molecule has 192 valence electrons. The molecule has 0 aliphatic carbocycles. The maximum Gasteiger partial charge on any atom is 0.416 e. The Morgan fingerprint density at radius 2 is 1.83 bits per heavy atom. The lowest BCUT2D eigenvalue weighted by Crippen LogP contribution is -2.26. The molecule has 0 saturated carbocycles. The highest BCUT2D eigenvalue weighted by molar-refractivity contribution is 5.79. The van der Waals surface area contributed by atoms with Crippen molar-refractivity contribution >= 4 is 17.0 Å². The fourth-order valence-corrected chi connectivity index (χ4v) is 4.34. The Labute approximate surface area is 205 Å². The average molecular weight is 505 g/mol.